The number of carbonyl (C=O) groups excluding carboxylic acids is 1. The summed E-state index contributed by atoms with van der Waals surface area (Å²) in [6, 6.07) is 9.08. The van der Waals surface area contributed by atoms with E-state index in [1.165, 1.54) is 11.8 Å². The Bertz CT molecular complexity index is 464. The van der Waals surface area contributed by atoms with E-state index in [2.05, 4.69) is 5.32 Å². The highest BCUT2D eigenvalue weighted by Crippen LogP contribution is 2.18. The van der Waals surface area contributed by atoms with Crippen LogP contribution in [0.25, 0.3) is 0 Å². The maximum absolute atomic E-state index is 12.1. The van der Waals surface area contributed by atoms with Gasteiger partial charge in [0.2, 0.25) is 5.91 Å². The summed E-state index contributed by atoms with van der Waals surface area (Å²) in [5.41, 5.74) is 1.15. The maximum Gasteiger partial charge on any atom is 0.326 e. The van der Waals surface area contributed by atoms with Crippen molar-refractivity contribution in [3.05, 3.63) is 35.9 Å². The SMILES string of the molecule is CC[C@H](C)[C@H](NC(=O)C(C)SCc1ccccc1)C(=O)O. The van der Waals surface area contributed by atoms with Gasteiger partial charge in [0.05, 0.1) is 5.25 Å². The summed E-state index contributed by atoms with van der Waals surface area (Å²) in [5, 5.41) is 11.6. The summed E-state index contributed by atoms with van der Waals surface area (Å²) >= 11 is 1.51. The van der Waals surface area contributed by atoms with E-state index in [-0.39, 0.29) is 17.1 Å². The van der Waals surface area contributed by atoms with E-state index >= 15 is 0 Å². The van der Waals surface area contributed by atoms with Gasteiger partial charge in [0.15, 0.2) is 0 Å². The number of nitrogens with one attached hydrogen (secondary N) is 1. The average molecular weight is 309 g/mol. The number of carbonyl (C=O) groups is 2. The monoisotopic (exact) mass is 309 g/mol. The van der Waals surface area contributed by atoms with Gasteiger partial charge in [0, 0.05) is 5.75 Å². The van der Waals surface area contributed by atoms with Gasteiger partial charge in [0.1, 0.15) is 6.04 Å². The second-order valence-electron chi connectivity index (χ2n) is 5.15. The minimum Gasteiger partial charge on any atom is -0.480 e. The van der Waals surface area contributed by atoms with Crippen molar-refractivity contribution in [3.63, 3.8) is 0 Å². The third kappa shape index (κ3) is 5.79. The van der Waals surface area contributed by atoms with Gasteiger partial charge in [-0.3, -0.25) is 4.79 Å². The Morgan fingerprint density at radius 3 is 2.38 bits per heavy atom. The Kier molecular flexibility index (Phi) is 7.29. The van der Waals surface area contributed by atoms with Crippen LogP contribution in [0.3, 0.4) is 0 Å². The van der Waals surface area contributed by atoms with Crippen LogP contribution in [0.2, 0.25) is 0 Å². The molecular weight excluding hydrogens is 286 g/mol. The highest BCUT2D eigenvalue weighted by Gasteiger charge is 2.27. The number of hydrogen-bond donors (Lipinski definition) is 2. The van der Waals surface area contributed by atoms with E-state index < -0.39 is 12.0 Å². The third-order valence-corrected chi connectivity index (χ3v) is 4.70. The molecule has 1 aromatic carbocycles. The standard InChI is InChI=1S/C16H23NO3S/c1-4-11(2)14(16(19)20)17-15(18)12(3)21-10-13-8-6-5-7-9-13/h5-9,11-12,14H,4,10H2,1-3H3,(H,17,18)(H,19,20)/t11-,12?,14-/m0/s1. The maximum atomic E-state index is 12.1. The molecule has 1 rings (SSSR count). The Morgan fingerprint density at radius 2 is 1.86 bits per heavy atom. The second kappa shape index (κ2) is 8.72. The van der Waals surface area contributed by atoms with Gasteiger partial charge in [-0.1, -0.05) is 50.6 Å². The molecular formula is C16H23NO3S. The van der Waals surface area contributed by atoms with Crippen LogP contribution >= 0.6 is 11.8 Å². The molecule has 0 heterocycles. The Balaban J connectivity index is 2.51. The van der Waals surface area contributed by atoms with Crippen molar-refractivity contribution in [1.29, 1.82) is 0 Å². The highest BCUT2D eigenvalue weighted by molar-refractivity contribution is 7.99. The first-order valence-corrected chi connectivity index (χ1v) is 8.19. The van der Waals surface area contributed by atoms with E-state index in [1.54, 1.807) is 6.92 Å². The molecule has 0 aliphatic carbocycles. The number of amides is 1. The minimum absolute atomic E-state index is 0.0854. The number of aliphatic carboxylic acids is 1. The largest absolute Gasteiger partial charge is 0.480 e. The van der Waals surface area contributed by atoms with E-state index in [0.29, 0.717) is 6.42 Å². The molecule has 4 nitrogen and oxygen atoms in total. The molecule has 0 spiro atoms. The Hall–Kier alpha value is -1.49. The molecule has 0 saturated carbocycles. The Morgan fingerprint density at radius 1 is 1.24 bits per heavy atom. The fourth-order valence-corrected chi connectivity index (χ4v) is 2.68. The van der Waals surface area contributed by atoms with Gasteiger partial charge in [0.25, 0.3) is 0 Å². The fourth-order valence-electron chi connectivity index (χ4n) is 1.82. The summed E-state index contributed by atoms with van der Waals surface area (Å²) in [4.78, 5) is 23.3. The lowest BCUT2D eigenvalue weighted by Crippen LogP contribution is -2.47. The molecule has 0 aliphatic heterocycles. The minimum atomic E-state index is -0.974. The van der Waals surface area contributed by atoms with Crippen molar-refractivity contribution in [2.45, 2.75) is 44.2 Å². The first-order chi connectivity index (χ1) is 9.95. The highest BCUT2D eigenvalue weighted by atomic mass is 32.2. The van der Waals surface area contributed by atoms with Crippen molar-refractivity contribution in [2.75, 3.05) is 0 Å². The van der Waals surface area contributed by atoms with Crippen LogP contribution in [0.1, 0.15) is 32.8 Å². The van der Waals surface area contributed by atoms with Crippen molar-refractivity contribution in [3.8, 4) is 0 Å². The summed E-state index contributed by atoms with van der Waals surface area (Å²) in [5.74, 6) is -0.546. The molecule has 3 atom stereocenters. The summed E-state index contributed by atoms with van der Waals surface area (Å²) in [7, 11) is 0. The molecule has 0 aromatic heterocycles. The van der Waals surface area contributed by atoms with Gasteiger partial charge in [-0.05, 0) is 18.4 Å². The molecule has 0 saturated heterocycles. The number of benzene rings is 1. The van der Waals surface area contributed by atoms with Crippen LogP contribution in [0, 0.1) is 5.92 Å². The molecule has 0 bridgehead atoms. The van der Waals surface area contributed by atoms with Gasteiger partial charge in [-0.25, -0.2) is 4.79 Å². The second-order valence-corrected chi connectivity index (χ2v) is 6.48. The number of rotatable bonds is 8. The van der Waals surface area contributed by atoms with E-state index in [4.69, 9.17) is 0 Å². The summed E-state index contributed by atoms with van der Waals surface area (Å²) in [6.07, 6.45) is 0.711. The average Bonchev–Trinajstić information content (AvgIpc) is 2.49. The van der Waals surface area contributed by atoms with Crippen LogP contribution < -0.4 is 5.32 Å². The van der Waals surface area contributed by atoms with Gasteiger partial charge in [-0.2, -0.15) is 0 Å². The van der Waals surface area contributed by atoms with Gasteiger partial charge in [-0.15, -0.1) is 11.8 Å². The quantitative estimate of drug-likeness (QED) is 0.775. The molecule has 116 valence electrons. The molecule has 1 amide bonds. The molecule has 0 radical (unpaired) electrons. The van der Waals surface area contributed by atoms with Crippen LogP contribution in [-0.4, -0.2) is 28.3 Å². The normalized spacial score (nSPS) is 15.0. The molecule has 1 unspecified atom stereocenters. The lowest BCUT2D eigenvalue weighted by molar-refractivity contribution is -0.143. The van der Waals surface area contributed by atoms with Crippen LogP contribution in [0.15, 0.2) is 30.3 Å². The first kappa shape index (κ1) is 17.6. The zero-order valence-corrected chi connectivity index (χ0v) is 13.5. The first-order valence-electron chi connectivity index (χ1n) is 7.14. The van der Waals surface area contributed by atoms with Crippen molar-refractivity contribution >= 4 is 23.6 Å². The van der Waals surface area contributed by atoms with Crippen LogP contribution in [0.5, 0.6) is 0 Å². The molecule has 5 heteroatoms. The van der Waals surface area contributed by atoms with E-state index in [9.17, 15) is 14.7 Å². The number of thioether (sulfide) groups is 1. The predicted molar refractivity (Wildman–Crippen MR) is 86.2 cm³/mol. The fraction of sp³-hybridized carbons (Fsp3) is 0.500. The number of carboxylic acid groups (broad SMARTS) is 1. The van der Waals surface area contributed by atoms with Gasteiger partial charge >= 0.3 is 5.97 Å². The zero-order chi connectivity index (χ0) is 15.8. The zero-order valence-electron chi connectivity index (χ0n) is 12.7. The molecule has 0 fully saturated rings. The van der Waals surface area contributed by atoms with Crippen molar-refractivity contribution < 1.29 is 14.7 Å². The van der Waals surface area contributed by atoms with Gasteiger partial charge < -0.3 is 10.4 Å². The topological polar surface area (TPSA) is 66.4 Å². The van der Waals surface area contributed by atoms with Crippen molar-refractivity contribution in [1.82, 2.24) is 5.32 Å². The molecule has 2 N–H and O–H groups in total. The predicted octanol–water partition coefficient (Wildman–Crippen LogP) is 2.92. The van der Waals surface area contributed by atoms with Crippen LogP contribution in [0.4, 0.5) is 0 Å². The van der Waals surface area contributed by atoms with E-state index in [1.807, 2.05) is 44.2 Å². The molecule has 1 aromatic rings. The van der Waals surface area contributed by atoms with E-state index in [0.717, 1.165) is 11.3 Å². The molecule has 21 heavy (non-hydrogen) atoms. The Labute approximate surface area is 130 Å². The number of carboxylic acids is 1. The number of hydrogen-bond acceptors (Lipinski definition) is 3. The lowest BCUT2D eigenvalue weighted by Gasteiger charge is -2.22. The lowest BCUT2D eigenvalue weighted by atomic mass is 9.99. The van der Waals surface area contributed by atoms with Crippen molar-refractivity contribution in [2.24, 2.45) is 5.92 Å². The summed E-state index contributed by atoms with van der Waals surface area (Å²) in [6.45, 7) is 5.56. The molecule has 0 aliphatic rings. The van der Waals surface area contributed by atoms with Crippen LogP contribution in [-0.2, 0) is 15.3 Å². The summed E-state index contributed by atoms with van der Waals surface area (Å²) < 4.78 is 0. The smallest absolute Gasteiger partial charge is 0.326 e. The third-order valence-electron chi connectivity index (χ3n) is 3.49.